The van der Waals surface area contributed by atoms with Gasteiger partial charge in [-0.15, -0.1) is 0 Å². The van der Waals surface area contributed by atoms with Crippen LogP contribution in [0.15, 0.2) is 36.5 Å². The van der Waals surface area contributed by atoms with Crippen LogP contribution in [-0.2, 0) is 11.2 Å². The van der Waals surface area contributed by atoms with E-state index in [4.69, 9.17) is 0 Å². The Labute approximate surface area is 95.3 Å². The number of pyridine rings is 1. The Balaban J connectivity index is 2.27. The molecule has 1 heterocycles. The van der Waals surface area contributed by atoms with Gasteiger partial charge >= 0.3 is 0 Å². The summed E-state index contributed by atoms with van der Waals surface area (Å²) in [5, 5.41) is 1.14. The molecular formula is C14H15NO. The third kappa shape index (κ3) is 2.27. The fraction of sp³-hybridized carbons (Fsp3) is 0.286. The molecule has 0 atom stereocenters. The largest absolute Gasteiger partial charge is 0.300 e. The van der Waals surface area contributed by atoms with Crippen molar-refractivity contribution in [2.75, 3.05) is 0 Å². The monoisotopic (exact) mass is 213 g/mol. The number of para-hydroxylation sites is 1. The Kier molecular flexibility index (Phi) is 3.30. The van der Waals surface area contributed by atoms with E-state index in [-0.39, 0.29) is 0 Å². The average Bonchev–Trinajstić information content (AvgIpc) is 2.35. The minimum atomic E-state index is 0.313. The predicted octanol–water partition coefficient (Wildman–Crippen LogP) is 3.15. The first-order chi connectivity index (χ1) is 7.81. The Bertz CT molecular complexity index is 500. The molecule has 0 N–H and O–H groups in total. The number of Topliss-reactive ketones (excluding diaryl/α,β-unsaturated/α-hetero) is 1. The summed E-state index contributed by atoms with van der Waals surface area (Å²) in [6.07, 6.45) is 3.83. The maximum absolute atomic E-state index is 11.3. The summed E-state index contributed by atoms with van der Waals surface area (Å²) in [5.74, 6) is 0.313. The van der Waals surface area contributed by atoms with Crippen LogP contribution < -0.4 is 0 Å². The van der Waals surface area contributed by atoms with E-state index in [9.17, 15) is 4.79 Å². The number of fused-ring (bicyclic) bond motifs is 1. The number of aryl methyl sites for hydroxylation is 1. The van der Waals surface area contributed by atoms with Gasteiger partial charge in [-0.25, -0.2) is 0 Å². The van der Waals surface area contributed by atoms with E-state index in [2.05, 4.69) is 11.1 Å². The van der Waals surface area contributed by atoms with E-state index in [1.807, 2.05) is 31.2 Å². The third-order valence-corrected chi connectivity index (χ3v) is 2.78. The number of rotatable bonds is 4. The van der Waals surface area contributed by atoms with Crippen LogP contribution in [0.25, 0.3) is 10.9 Å². The normalized spacial score (nSPS) is 10.6. The van der Waals surface area contributed by atoms with Crippen LogP contribution in [0.2, 0.25) is 0 Å². The Morgan fingerprint density at radius 3 is 2.88 bits per heavy atom. The molecule has 0 unspecified atom stereocenters. The van der Waals surface area contributed by atoms with Crippen molar-refractivity contribution in [2.24, 2.45) is 0 Å². The minimum absolute atomic E-state index is 0.313. The first kappa shape index (κ1) is 10.8. The van der Waals surface area contributed by atoms with Crippen molar-refractivity contribution >= 4 is 16.7 Å². The minimum Gasteiger partial charge on any atom is -0.300 e. The van der Waals surface area contributed by atoms with Gasteiger partial charge in [-0.1, -0.05) is 31.2 Å². The number of hydrogen-bond acceptors (Lipinski definition) is 2. The molecule has 0 radical (unpaired) electrons. The van der Waals surface area contributed by atoms with E-state index in [0.717, 1.165) is 17.3 Å². The molecule has 16 heavy (non-hydrogen) atoms. The van der Waals surface area contributed by atoms with Crippen LogP contribution in [-0.4, -0.2) is 10.8 Å². The lowest BCUT2D eigenvalue weighted by atomic mass is 10.0. The molecule has 0 saturated carbocycles. The molecule has 0 amide bonds. The molecule has 2 nitrogen and oxygen atoms in total. The number of hydrogen-bond donors (Lipinski definition) is 0. The zero-order valence-electron chi connectivity index (χ0n) is 9.44. The highest BCUT2D eigenvalue weighted by Gasteiger charge is 2.04. The molecule has 0 aliphatic rings. The fourth-order valence-corrected chi connectivity index (χ4v) is 1.82. The first-order valence-corrected chi connectivity index (χ1v) is 5.65. The zero-order valence-corrected chi connectivity index (χ0v) is 9.44. The average molecular weight is 213 g/mol. The Hall–Kier alpha value is -1.70. The van der Waals surface area contributed by atoms with Crippen LogP contribution in [0.1, 0.15) is 25.3 Å². The molecule has 0 aliphatic heterocycles. The van der Waals surface area contributed by atoms with E-state index in [1.165, 1.54) is 5.56 Å². The lowest BCUT2D eigenvalue weighted by Crippen LogP contribution is -1.98. The third-order valence-electron chi connectivity index (χ3n) is 2.78. The van der Waals surface area contributed by atoms with Crippen molar-refractivity contribution in [2.45, 2.75) is 26.2 Å². The Morgan fingerprint density at radius 1 is 1.25 bits per heavy atom. The summed E-state index contributed by atoms with van der Waals surface area (Å²) < 4.78 is 0. The van der Waals surface area contributed by atoms with Gasteiger partial charge in [0, 0.05) is 24.4 Å². The molecule has 0 fully saturated rings. The molecule has 0 bridgehead atoms. The molecule has 1 aromatic heterocycles. The van der Waals surface area contributed by atoms with E-state index in [1.54, 1.807) is 6.20 Å². The number of aromatic nitrogens is 1. The zero-order chi connectivity index (χ0) is 11.4. The van der Waals surface area contributed by atoms with Crippen molar-refractivity contribution in [1.82, 2.24) is 4.98 Å². The number of carbonyl (C=O) groups is 1. The van der Waals surface area contributed by atoms with Crippen molar-refractivity contribution in [1.29, 1.82) is 0 Å². The summed E-state index contributed by atoms with van der Waals surface area (Å²) in [5.41, 5.74) is 2.19. The number of benzene rings is 1. The summed E-state index contributed by atoms with van der Waals surface area (Å²) in [4.78, 5) is 15.7. The second-order valence-corrected chi connectivity index (χ2v) is 3.88. The second-order valence-electron chi connectivity index (χ2n) is 3.88. The highest BCUT2D eigenvalue weighted by atomic mass is 16.1. The summed E-state index contributed by atoms with van der Waals surface area (Å²) in [7, 11) is 0. The van der Waals surface area contributed by atoms with Gasteiger partial charge in [0.2, 0.25) is 0 Å². The quantitative estimate of drug-likeness (QED) is 0.781. The van der Waals surface area contributed by atoms with Crippen LogP contribution in [0.5, 0.6) is 0 Å². The lowest BCUT2D eigenvalue weighted by molar-refractivity contribution is -0.118. The van der Waals surface area contributed by atoms with E-state index >= 15 is 0 Å². The van der Waals surface area contributed by atoms with Crippen LogP contribution in [0.4, 0.5) is 0 Å². The predicted molar refractivity (Wildman–Crippen MR) is 65.4 cm³/mol. The van der Waals surface area contributed by atoms with Gasteiger partial charge in [0.05, 0.1) is 5.52 Å². The molecule has 2 heteroatoms. The van der Waals surface area contributed by atoms with Crippen molar-refractivity contribution in [3.63, 3.8) is 0 Å². The molecule has 0 aliphatic carbocycles. The number of carbonyl (C=O) groups excluding carboxylic acids is 1. The summed E-state index contributed by atoms with van der Waals surface area (Å²) >= 11 is 0. The molecule has 1 aromatic carbocycles. The SMILES string of the molecule is CCC(=O)CCc1cccc2cccnc12. The second kappa shape index (κ2) is 4.88. The van der Waals surface area contributed by atoms with Gasteiger partial charge in [-0.2, -0.15) is 0 Å². The number of nitrogens with zero attached hydrogens (tertiary/aromatic N) is 1. The van der Waals surface area contributed by atoms with Crippen molar-refractivity contribution in [3.05, 3.63) is 42.1 Å². The number of ketones is 1. The van der Waals surface area contributed by atoms with Crippen LogP contribution in [0.3, 0.4) is 0 Å². The molecule has 0 spiro atoms. The summed E-state index contributed by atoms with van der Waals surface area (Å²) in [6, 6.07) is 10.1. The Morgan fingerprint density at radius 2 is 2.06 bits per heavy atom. The van der Waals surface area contributed by atoms with Gasteiger partial charge in [-0.3, -0.25) is 9.78 Å². The fourth-order valence-electron chi connectivity index (χ4n) is 1.82. The smallest absolute Gasteiger partial charge is 0.132 e. The summed E-state index contributed by atoms with van der Waals surface area (Å²) in [6.45, 7) is 1.91. The van der Waals surface area contributed by atoms with Crippen LogP contribution in [0, 0.1) is 0 Å². The van der Waals surface area contributed by atoms with Gasteiger partial charge in [0.1, 0.15) is 5.78 Å². The highest BCUT2D eigenvalue weighted by Crippen LogP contribution is 2.17. The maximum atomic E-state index is 11.3. The molecular weight excluding hydrogens is 198 g/mol. The topological polar surface area (TPSA) is 30.0 Å². The lowest BCUT2D eigenvalue weighted by Gasteiger charge is -2.04. The van der Waals surface area contributed by atoms with Gasteiger partial charge in [0.15, 0.2) is 0 Å². The standard InChI is InChI=1S/C14H15NO/c1-2-13(16)9-8-12-6-3-5-11-7-4-10-15-14(11)12/h3-7,10H,2,8-9H2,1H3. The molecule has 0 saturated heterocycles. The van der Waals surface area contributed by atoms with Gasteiger partial charge < -0.3 is 0 Å². The van der Waals surface area contributed by atoms with Crippen molar-refractivity contribution in [3.8, 4) is 0 Å². The molecule has 2 rings (SSSR count). The van der Waals surface area contributed by atoms with Crippen molar-refractivity contribution < 1.29 is 4.79 Å². The van der Waals surface area contributed by atoms with Crippen LogP contribution >= 0.6 is 0 Å². The molecule has 2 aromatic rings. The van der Waals surface area contributed by atoms with E-state index < -0.39 is 0 Å². The van der Waals surface area contributed by atoms with Gasteiger partial charge in [0.25, 0.3) is 0 Å². The maximum Gasteiger partial charge on any atom is 0.132 e. The van der Waals surface area contributed by atoms with Gasteiger partial charge in [-0.05, 0) is 18.1 Å². The first-order valence-electron chi connectivity index (χ1n) is 5.65. The van der Waals surface area contributed by atoms with E-state index in [0.29, 0.717) is 18.6 Å². The highest BCUT2D eigenvalue weighted by molar-refractivity contribution is 5.83. The molecule has 82 valence electrons.